The molecule has 0 atom stereocenters. The summed E-state index contributed by atoms with van der Waals surface area (Å²) in [5.74, 6) is 1.04. The van der Waals surface area contributed by atoms with Crippen molar-refractivity contribution >= 4 is 21.5 Å². The van der Waals surface area contributed by atoms with Gasteiger partial charge in [-0.3, -0.25) is 4.72 Å². The van der Waals surface area contributed by atoms with Crippen LogP contribution < -0.4 is 19.5 Å². The molecule has 0 saturated heterocycles. The van der Waals surface area contributed by atoms with Crippen molar-refractivity contribution in [1.29, 1.82) is 0 Å². The molecular formula is C16H21N3O4S. The van der Waals surface area contributed by atoms with Gasteiger partial charge in [0.15, 0.2) is 11.5 Å². The first-order valence-corrected chi connectivity index (χ1v) is 8.93. The van der Waals surface area contributed by atoms with Crippen molar-refractivity contribution in [1.82, 2.24) is 4.98 Å². The molecule has 0 spiro atoms. The third kappa shape index (κ3) is 4.29. The van der Waals surface area contributed by atoms with Crippen LogP contribution in [0.15, 0.2) is 41.4 Å². The Balaban J connectivity index is 2.19. The van der Waals surface area contributed by atoms with Gasteiger partial charge in [0.1, 0.15) is 5.82 Å². The lowest BCUT2D eigenvalue weighted by Gasteiger charge is -2.11. The number of benzene rings is 1. The molecule has 2 N–H and O–H groups in total. The van der Waals surface area contributed by atoms with Crippen molar-refractivity contribution in [2.24, 2.45) is 0 Å². The predicted molar refractivity (Wildman–Crippen MR) is 93.4 cm³/mol. The lowest BCUT2D eigenvalue weighted by atomic mass is 10.3. The smallest absolute Gasteiger partial charge is 0.263 e. The second-order valence-electron chi connectivity index (χ2n) is 4.98. The highest BCUT2D eigenvalue weighted by atomic mass is 32.2. The van der Waals surface area contributed by atoms with Gasteiger partial charge in [-0.15, -0.1) is 0 Å². The van der Waals surface area contributed by atoms with E-state index in [0.29, 0.717) is 11.5 Å². The van der Waals surface area contributed by atoms with Crippen molar-refractivity contribution in [3.05, 3.63) is 36.5 Å². The number of anilines is 2. The molecule has 2 rings (SSSR count). The number of ether oxygens (including phenoxy) is 2. The molecule has 0 saturated carbocycles. The largest absolute Gasteiger partial charge is 0.493 e. The Labute approximate surface area is 142 Å². The SMILES string of the molecule is CCCNc1ccc(NS(=O)(=O)c2ccc(OC)c(OC)c2)nc1. The normalized spacial score (nSPS) is 11.0. The van der Waals surface area contributed by atoms with Crippen molar-refractivity contribution in [3.63, 3.8) is 0 Å². The van der Waals surface area contributed by atoms with Crippen LogP contribution in [0.2, 0.25) is 0 Å². The van der Waals surface area contributed by atoms with Crippen molar-refractivity contribution in [2.75, 3.05) is 30.8 Å². The van der Waals surface area contributed by atoms with E-state index in [-0.39, 0.29) is 10.7 Å². The van der Waals surface area contributed by atoms with Gasteiger partial charge in [0, 0.05) is 12.6 Å². The summed E-state index contributed by atoms with van der Waals surface area (Å²) in [4.78, 5) is 4.17. The van der Waals surface area contributed by atoms with Gasteiger partial charge < -0.3 is 14.8 Å². The lowest BCUT2D eigenvalue weighted by Crippen LogP contribution is -2.14. The standard InChI is InChI=1S/C16H21N3O4S/c1-4-9-17-12-5-8-16(18-11-12)19-24(20,21)13-6-7-14(22-2)15(10-13)23-3/h5-8,10-11,17H,4,9H2,1-3H3,(H,18,19). The Kier molecular flexibility index (Phi) is 5.86. The van der Waals surface area contributed by atoms with Crippen LogP contribution in [0.25, 0.3) is 0 Å². The molecule has 0 amide bonds. The summed E-state index contributed by atoms with van der Waals surface area (Å²) in [5.41, 5.74) is 0.839. The average Bonchev–Trinajstić information content (AvgIpc) is 2.60. The zero-order valence-electron chi connectivity index (χ0n) is 13.9. The van der Waals surface area contributed by atoms with Crippen LogP contribution in [-0.2, 0) is 10.0 Å². The van der Waals surface area contributed by atoms with Crippen LogP contribution in [0.3, 0.4) is 0 Å². The van der Waals surface area contributed by atoms with Crippen LogP contribution in [0, 0.1) is 0 Å². The van der Waals surface area contributed by atoms with E-state index in [4.69, 9.17) is 9.47 Å². The van der Waals surface area contributed by atoms with E-state index in [2.05, 4.69) is 21.9 Å². The van der Waals surface area contributed by atoms with E-state index >= 15 is 0 Å². The number of nitrogens with zero attached hydrogens (tertiary/aromatic N) is 1. The van der Waals surface area contributed by atoms with Crippen LogP contribution in [0.5, 0.6) is 11.5 Å². The van der Waals surface area contributed by atoms with E-state index in [9.17, 15) is 8.42 Å². The highest BCUT2D eigenvalue weighted by Gasteiger charge is 2.17. The van der Waals surface area contributed by atoms with Gasteiger partial charge in [0.2, 0.25) is 0 Å². The minimum Gasteiger partial charge on any atom is -0.493 e. The molecule has 8 heteroatoms. The quantitative estimate of drug-likeness (QED) is 0.760. The first-order valence-electron chi connectivity index (χ1n) is 7.45. The molecule has 0 bridgehead atoms. The summed E-state index contributed by atoms with van der Waals surface area (Å²) in [5, 5.41) is 3.17. The molecular weight excluding hydrogens is 330 g/mol. The summed E-state index contributed by atoms with van der Waals surface area (Å²) in [6.07, 6.45) is 2.58. The van der Waals surface area contributed by atoms with Crippen LogP contribution in [-0.4, -0.2) is 34.2 Å². The maximum atomic E-state index is 12.5. The van der Waals surface area contributed by atoms with Crippen molar-refractivity contribution in [3.8, 4) is 11.5 Å². The topological polar surface area (TPSA) is 89.5 Å². The Morgan fingerprint density at radius 3 is 2.42 bits per heavy atom. The zero-order valence-corrected chi connectivity index (χ0v) is 14.7. The van der Waals surface area contributed by atoms with E-state index in [1.54, 1.807) is 24.4 Å². The Morgan fingerprint density at radius 2 is 1.83 bits per heavy atom. The van der Waals surface area contributed by atoms with Gasteiger partial charge in [0.25, 0.3) is 10.0 Å². The highest BCUT2D eigenvalue weighted by Crippen LogP contribution is 2.30. The average molecular weight is 351 g/mol. The van der Waals surface area contributed by atoms with Gasteiger partial charge in [-0.1, -0.05) is 6.92 Å². The summed E-state index contributed by atoms with van der Waals surface area (Å²) in [6.45, 7) is 2.89. The predicted octanol–water partition coefficient (Wildman–Crippen LogP) is 2.72. The molecule has 1 aromatic heterocycles. The van der Waals surface area contributed by atoms with Gasteiger partial charge >= 0.3 is 0 Å². The van der Waals surface area contributed by atoms with E-state index in [1.165, 1.54) is 26.4 Å². The number of sulfonamides is 1. The number of nitrogens with one attached hydrogen (secondary N) is 2. The number of hydrogen-bond donors (Lipinski definition) is 2. The summed E-state index contributed by atoms with van der Waals surface area (Å²) < 4.78 is 37.6. The fourth-order valence-corrected chi connectivity index (χ4v) is 3.03. The minimum absolute atomic E-state index is 0.0649. The van der Waals surface area contributed by atoms with Crippen LogP contribution in [0.1, 0.15) is 13.3 Å². The molecule has 0 unspecified atom stereocenters. The van der Waals surface area contributed by atoms with Gasteiger partial charge in [0.05, 0.1) is 31.0 Å². The minimum atomic E-state index is -3.77. The molecule has 0 fully saturated rings. The lowest BCUT2D eigenvalue weighted by molar-refractivity contribution is 0.354. The zero-order chi connectivity index (χ0) is 17.6. The number of methoxy groups -OCH3 is 2. The highest BCUT2D eigenvalue weighted by molar-refractivity contribution is 7.92. The third-order valence-electron chi connectivity index (χ3n) is 3.25. The summed E-state index contributed by atoms with van der Waals surface area (Å²) >= 11 is 0. The first kappa shape index (κ1) is 17.9. The molecule has 0 aliphatic rings. The maximum absolute atomic E-state index is 12.5. The number of rotatable bonds is 8. The monoisotopic (exact) mass is 351 g/mol. The van der Waals surface area contributed by atoms with Crippen LogP contribution in [0.4, 0.5) is 11.5 Å². The summed E-state index contributed by atoms with van der Waals surface area (Å²) in [6, 6.07) is 7.77. The van der Waals surface area contributed by atoms with Gasteiger partial charge in [-0.05, 0) is 30.7 Å². The molecule has 7 nitrogen and oxygen atoms in total. The molecule has 0 radical (unpaired) electrons. The van der Waals surface area contributed by atoms with Crippen molar-refractivity contribution in [2.45, 2.75) is 18.2 Å². The second-order valence-corrected chi connectivity index (χ2v) is 6.66. The van der Waals surface area contributed by atoms with Gasteiger partial charge in [-0.2, -0.15) is 0 Å². The molecule has 0 aliphatic heterocycles. The molecule has 1 heterocycles. The number of hydrogen-bond acceptors (Lipinski definition) is 6. The van der Waals surface area contributed by atoms with Crippen molar-refractivity contribution < 1.29 is 17.9 Å². The number of pyridine rings is 1. The Bertz CT molecular complexity index is 776. The molecule has 130 valence electrons. The Hall–Kier alpha value is -2.48. The third-order valence-corrected chi connectivity index (χ3v) is 4.60. The molecule has 2 aromatic rings. The van der Waals surface area contributed by atoms with E-state index in [1.807, 2.05) is 0 Å². The number of aromatic nitrogens is 1. The molecule has 1 aromatic carbocycles. The molecule has 0 aliphatic carbocycles. The Morgan fingerprint density at radius 1 is 1.08 bits per heavy atom. The summed E-state index contributed by atoms with van der Waals surface area (Å²) in [7, 11) is -0.831. The fourth-order valence-electron chi connectivity index (χ4n) is 2.01. The fraction of sp³-hybridized carbons (Fsp3) is 0.312. The first-order chi connectivity index (χ1) is 11.5. The van der Waals surface area contributed by atoms with E-state index < -0.39 is 10.0 Å². The second kappa shape index (κ2) is 7.87. The molecule has 24 heavy (non-hydrogen) atoms. The van der Waals surface area contributed by atoms with Crippen LogP contribution >= 0.6 is 0 Å². The maximum Gasteiger partial charge on any atom is 0.263 e. The van der Waals surface area contributed by atoms with E-state index in [0.717, 1.165) is 18.7 Å². The van der Waals surface area contributed by atoms with Gasteiger partial charge in [-0.25, -0.2) is 13.4 Å².